The Balaban J connectivity index is 1.75. The highest BCUT2D eigenvalue weighted by molar-refractivity contribution is 6.05. The highest BCUT2D eigenvalue weighted by Crippen LogP contribution is 2.46. The Morgan fingerprint density at radius 1 is 1.09 bits per heavy atom. The molecule has 9 nitrogen and oxygen atoms in total. The third-order valence-electron chi connectivity index (χ3n) is 6.55. The summed E-state index contributed by atoms with van der Waals surface area (Å²) in [4.78, 5) is 34.4. The van der Waals surface area contributed by atoms with E-state index in [1.165, 1.54) is 0 Å². The zero-order valence-corrected chi connectivity index (χ0v) is 19.2. The van der Waals surface area contributed by atoms with E-state index in [1.54, 1.807) is 6.20 Å². The van der Waals surface area contributed by atoms with Crippen molar-refractivity contribution in [1.82, 2.24) is 20.2 Å². The molecular weight excluding hydrogens is 430 g/mol. The first-order valence-electron chi connectivity index (χ1n) is 11.0. The Morgan fingerprint density at radius 3 is 2.56 bits per heavy atom. The van der Waals surface area contributed by atoms with Gasteiger partial charge in [0.15, 0.2) is 11.5 Å². The van der Waals surface area contributed by atoms with Crippen LogP contribution in [0.5, 0.6) is 0 Å². The maximum absolute atomic E-state index is 12.9. The Kier molecular flexibility index (Phi) is 4.85. The van der Waals surface area contributed by atoms with Crippen LogP contribution in [0.2, 0.25) is 0 Å². The first-order chi connectivity index (χ1) is 16.2. The molecule has 1 aliphatic carbocycles. The van der Waals surface area contributed by atoms with Crippen molar-refractivity contribution in [2.75, 3.05) is 11.1 Å². The highest BCUT2D eigenvalue weighted by Gasteiger charge is 2.45. The van der Waals surface area contributed by atoms with Crippen LogP contribution in [-0.2, 0) is 4.79 Å². The molecule has 0 unspecified atom stereocenters. The lowest BCUT2D eigenvalue weighted by molar-refractivity contribution is -0.120. The fourth-order valence-corrected chi connectivity index (χ4v) is 4.11. The molecule has 0 radical (unpaired) electrons. The number of nitrogen functional groups attached to an aromatic ring is 1. The smallest absolute Gasteiger partial charge is 0.269 e. The summed E-state index contributed by atoms with van der Waals surface area (Å²) >= 11 is 0. The lowest BCUT2D eigenvalue weighted by Crippen LogP contribution is -2.22. The van der Waals surface area contributed by atoms with E-state index >= 15 is 0 Å². The van der Waals surface area contributed by atoms with Gasteiger partial charge in [-0.1, -0.05) is 25.1 Å². The van der Waals surface area contributed by atoms with E-state index in [0.29, 0.717) is 16.9 Å². The minimum absolute atomic E-state index is 0.0483. The summed E-state index contributed by atoms with van der Waals surface area (Å²) in [7, 11) is 0. The van der Waals surface area contributed by atoms with Gasteiger partial charge in [0.25, 0.3) is 5.91 Å². The number of hydrogen-bond donors (Lipinski definition) is 4. The minimum Gasteiger partial charge on any atom is -0.395 e. The number of aromatic amines is 1. The van der Waals surface area contributed by atoms with Crippen LogP contribution < -0.4 is 16.8 Å². The Hall–Kier alpha value is -4.27. The van der Waals surface area contributed by atoms with Gasteiger partial charge in [-0.3, -0.25) is 14.7 Å². The minimum atomic E-state index is -0.761. The molecule has 9 heteroatoms. The molecule has 2 aromatic carbocycles. The van der Waals surface area contributed by atoms with Crippen molar-refractivity contribution in [3.63, 3.8) is 0 Å². The molecule has 6 N–H and O–H groups in total. The number of para-hydroxylation sites is 1. The van der Waals surface area contributed by atoms with E-state index in [9.17, 15) is 9.59 Å². The van der Waals surface area contributed by atoms with Gasteiger partial charge in [0.1, 0.15) is 0 Å². The molecule has 34 heavy (non-hydrogen) atoms. The van der Waals surface area contributed by atoms with Crippen LogP contribution in [0.15, 0.2) is 36.5 Å². The highest BCUT2D eigenvalue weighted by atomic mass is 16.2. The van der Waals surface area contributed by atoms with Gasteiger partial charge < -0.3 is 16.8 Å². The van der Waals surface area contributed by atoms with Gasteiger partial charge in [0.2, 0.25) is 5.91 Å². The maximum Gasteiger partial charge on any atom is 0.269 e. The van der Waals surface area contributed by atoms with E-state index in [2.05, 4.69) is 20.5 Å². The molecule has 0 atom stereocenters. The molecule has 1 fully saturated rings. The summed E-state index contributed by atoms with van der Waals surface area (Å²) in [6.07, 6.45) is 3.39. The van der Waals surface area contributed by atoms with E-state index in [1.807, 2.05) is 51.1 Å². The van der Waals surface area contributed by atoms with Crippen molar-refractivity contribution < 1.29 is 9.59 Å². The van der Waals surface area contributed by atoms with Crippen molar-refractivity contribution in [1.29, 1.82) is 0 Å². The predicted molar refractivity (Wildman–Crippen MR) is 131 cm³/mol. The van der Waals surface area contributed by atoms with Crippen molar-refractivity contribution in [2.24, 2.45) is 11.1 Å². The Morgan fingerprint density at radius 2 is 1.85 bits per heavy atom. The van der Waals surface area contributed by atoms with Crippen LogP contribution in [0.4, 0.5) is 11.4 Å². The first-order valence-corrected chi connectivity index (χ1v) is 11.0. The van der Waals surface area contributed by atoms with Crippen molar-refractivity contribution >= 4 is 34.1 Å². The molecule has 0 aliphatic heterocycles. The predicted octanol–water partition coefficient (Wildman–Crippen LogP) is 3.72. The normalized spacial score (nSPS) is 14.2. The number of carbonyl (C=O) groups excluding carboxylic acids is 2. The number of nitrogens with one attached hydrogen (secondary N) is 2. The average molecular weight is 456 g/mol. The van der Waals surface area contributed by atoms with Gasteiger partial charge in [0.05, 0.1) is 28.8 Å². The van der Waals surface area contributed by atoms with Gasteiger partial charge in [-0.15, -0.1) is 0 Å². The number of fused-ring (bicyclic) bond motifs is 1. The summed E-state index contributed by atoms with van der Waals surface area (Å²) in [5, 5.41) is 10.9. The second-order valence-corrected chi connectivity index (χ2v) is 9.12. The molecule has 5 rings (SSSR count). The molecule has 0 saturated heterocycles. The second kappa shape index (κ2) is 7.65. The summed E-state index contributed by atoms with van der Waals surface area (Å²) in [5.74, 6) is -0.561. The molecular formula is C25H25N7O2. The first kappa shape index (κ1) is 21.6. The quantitative estimate of drug-likeness (QED) is 0.360. The van der Waals surface area contributed by atoms with Gasteiger partial charge in [0, 0.05) is 21.9 Å². The number of primary amides is 1. The van der Waals surface area contributed by atoms with Crippen molar-refractivity contribution in [3.05, 3.63) is 53.3 Å². The number of hydrogen-bond acceptors (Lipinski definition) is 6. The van der Waals surface area contributed by atoms with Gasteiger partial charge in [-0.25, -0.2) is 9.97 Å². The van der Waals surface area contributed by atoms with Crippen LogP contribution in [-0.4, -0.2) is 32.0 Å². The summed E-state index contributed by atoms with van der Waals surface area (Å²) in [5.41, 5.74) is 16.6. The molecule has 2 heterocycles. The molecule has 2 aromatic heterocycles. The van der Waals surface area contributed by atoms with Crippen molar-refractivity contribution in [2.45, 2.75) is 33.6 Å². The molecule has 1 aliphatic rings. The van der Waals surface area contributed by atoms with E-state index in [0.717, 1.165) is 40.4 Å². The zero-order chi connectivity index (χ0) is 24.2. The number of H-pyrrole nitrogens is 1. The number of amides is 2. The third-order valence-corrected chi connectivity index (χ3v) is 6.55. The fourth-order valence-electron chi connectivity index (χ4n) is 4.11. The van der Waals surface area contributed by atoms with Crippen LogP contribution in [0, 0.1) is 19.3 Å². The Labute approximate surface area is 196 Å². The van der Waals surface area contributed by atoms with Gasteiger partial charge >= 0.3 is 0 Å². The third kappa shape index (κ3) is 3.45. The number of anilines is 2. The van der Waals surface area contributed by atoms with E-state index in [4.69, 9.17) is 16.5 Å². The number of rotatable bonds is 5. The second-order valence-electron chi connectivity index (χ2n) is 9.12. The van der Waals surface area contributed by atoms with Crippen LogP contribution >= 0.6 is 0 Å². The summed E-state index contributed by atoms with van der Waals surface area (Å²) in [6.45, 7) is 5.77. The topological polar surface area (TPSA) is 153 Å². The number of nitrogens with zero attached hydrogens (tertiary/aromatic N) is 3. The number of aryl methyl sites for hydroxylation is 2. The number of benzene rings is 2. The van der Waals surface area contributed by atoms with Gasteiger partial charge in [-0.05, 0) is 49.9 Å². The summed E-state index contributed by atoms with van der Waals surface area (Å²) in [6, 6.07) is 9.41. The fraction of sp³-hybridized carbons (Fsp3) is 0.240. The van der Waals surface area contributed by atoms with Crippen LogP contribution in [0.1, 0.15) is 41.4 Å². The van der Waals surface area contributed by atoms with Gasteiger partial charge in [-0.2, -0.15) is 5.10 Å². The lowest BCUT2D eigenvalue weighted by atomic mass is 9.98. The molecule has 0 bridgehead atoms. The molecule has 2 amide bonds. The van der Waals surface area contributed by atoms with Crippen LogP contribution in [0.3, 0.4) is 0 Å². The average Bonchev–Trinajstić information content (AvgIpc) is 3.37. The summed E-state index contributed by atoms with van der Waals surface area (Å²) < 4.78 is 0. The molecule has 172 valence electrons. The number of aromatic nitrogens is 4. The lowest BCUT2D eigenvalue weighted by Gasteiger charge is -2.18. The number of carbonyl (C=O) groups is 2. The van der Waals surface area contributed by atoms with Crippen molar-refractivity contribution in [3.8, 4) is 22.6 Å². The standard InChI is InChI=1S/C25H25N7O2/c1-12-7-8-16-15(11-28-32-16)17(12)20-18(26)21(22(27)33)30-23(29-20)14-6-4-5-13(2)19(14)31-24(34)25(3)9-10-25/h4-8,11H,9-10,26H2,1-3H3,(H2,27,33)(H,28,32)(H,31,34). The molecule has 1 saturated carbocycles. The van der Waals surface area contributed by atoms with E-state index in [-0.39, 0.29) is 28.5 Å². The monoisotopic (exact) mass is 455 g/mol. The molecule has 0 spiro atoms. The number of nitrogens with two attached hydrogens (primary N) is 2. The van der Waals surface area contributed by atoms with Crippen LogP contribution in [0.25, 0.3) is 33.5 Å². The largest absolute Gasteiger partial charge is 0.395 e. The van der Waals surface area contributed by atoms with E-state index < -0.39 is 5.91 Å². The Bertz CT molecular complexity index is 1480. The zero-order valence-electron chi connectivity index (χ0n) is 19.2. The molecule has 4 aromatic rings. The maximum atomic E-state index is 12.9. The SMILES string of the molecule is Cc1cccc(-c2nc(C(N)=O)c(N)c(-c3c(C)ccc4[nH]ncc34)n2)c1NC(=O)C1(C)CC1.